The smallest absolute Gasteiger partial charge is 0.259 e. The molecule has 2 aromatic rings. The van der Waals surface area contributed by atoms with Gasteiger partial charge in [-0.15, -0.1) is 0 Å². The summed E-state index contributed by atoms with van der Waals surface area (Å²) in [4.78, 5) is 12.0. The highest BCUT2D eigenvalue weighted by molar-refractivity contribution is 9.10. The first kappa shape index (κ1) is 13.5. The van der Waals surface area contributed by atoms with Crippen molar-refractivity contribution in [2.75, 3.05) is 5.32 Å². The number of aromatic hydroxyl groups is 1. The molecule has 0 bridgehead atoms. The highest BCUT2D eigenvalue weighted by Crippen LogP contribution is 2.22. The number of phenols is 1. The third-order valence-electron chi connectivity index (χ3n) is 2.50. The molecule has 0 aliphatic carbocycles. The van der Waals surface area contributed by atoms with E-state index in [1.807, 2.05) is 13.0 Å². The molecule has 0 aliphatic heterocycles. The topological polar surface area (TPSA) is 49.3 Å². The predicted molar refractivity (Wildman–Crippen MR) is 74.9 cm³/mol. The van der Waals surface area contributed by atoms with Gasteiger partial charge in [-0.1, -0.05) is 15.9 Å². The monoisotopic (exact) mass is 323 g/mol. The summed E-state index contributed by atoms with van der Waals surface area (Å²) in [5.74, 6) is -1.47. The van der Waals surface area contributed by atoms with Gasteiger partial charge in [-0.25, -0.2) is 4.39 Å². The molecule has 98 valence electrons. The predicted octanol–water partition coefficient (Wildman–Crippen LogP) is 3.85. The van der Waals surface area contributed by atoms with E-state index in [1.165, 1.54) is 6.07 Å². The molecule has 5 heteroatoms. The summed E-state index contributed by atoms with van der Waals surface area (Å²) in [5.41, 5.74) is 1.60. The van der Waals surface area contributed by atoms with Crippen molar-refractivity contribution in [3.05, 3.63) is 57.8 Å². The molecule has 1 amide bonds. The number of nitrogens with one attached hydrogen (secondary N) is 1. The molecule has 0 atom stereocenters. The lowest BCUT2D eigenvalue weighted by atomic mass is 10.1. The Kier molecular flexibility index (Phi) is 3.85. The van der Waals surface area contributed by atoms with Crippen molar-refractivity contribution in [1.82, 2.24) is 0 Å². The Morgan fingerprint density at radius 1 is 1.26 bits per heavy atom. The third-order valence-corrected chi connectivity index (χ3v) is 2.96. The second-order valence-corrected chi connectivity index (χ2v) is 5.05. The van der Waals surface area contributed by atoms with Gasteiger partial charge in [0.05, 0.1) is 5.56 Å². The Hall–Kier alpha value is -1.88. The fourth-order valence-corrected chi connectivity index (χ4v) is 2.31. The molecule has 0 radical (unpaired) electrons. The lowest BCUT2D eigenvalue weighted by molar-refractivity contribution is 0.102. The van der Waals surface area contributed by atoms with Crippen LogP contribution in [0.2, 0.25) is 0 Å². The van der Waals surface area contributed by atoms with Crippen molar-refractivity contribution in [1.29, 1.82) is 0 Å². The van der Waals surface area contributed by atoms with Gasteiger partial charge in [0.25, 0.3) is 5.91 Å². The van der Waals surface area contributed by atoms with Crippen LogP contribution < -0.4 is 5.32 Å². The van der Waals surface area contributed by atoms with Gasteiger partial charge >= 0.3 is 0 Å². The number of carbonyl (C=O) groups is 1. The minimum absolute atomic E-state index is 0.0269. The summed E-state index contributed by atoms with van der Waals surface area (Å²) in [6.07, 6.45) is 0. The molecule has 0 fully saturated rings. The maximum Gasteiger partial charge on any atom is 0.259 e. The van der Waals surface area contributed by atoms with Gasteiger partial charge in [0, 0.05) is 16.2 Å². The Labute approximate surface area is 118 Å². The zero-order valence-corrected chi connectivity index (χ0v) is 11.7. The van der Waals surface area contributed by atoms with Crippen LogP contribution in [0.3, 0.4) is 0 Å². The van der Waals surface area contributed by atoms with Gasteiger partial charge in [-0.3, -0.25) is 4.79 Å². The van der Waals surface area contributed by atoms with E-state index in [-0.39, 0.29) is 11.3 Å². The largest absolute Gasteiger partial charge is 0.507 e. The molecule has 2 N–H and O–H groups in total. The van der Waals surface area contributed by atoms with E-state index in [4.69, 9.17) is 0 Å². The van der Waals surface area contributed by atoms with E-state index >= 15 is 0 Å². The van der Waals surface area contributed by atoms with Gasteiger partial charge in [0.1, 0.15) is 11.6 Å². The second kappa shape index (κ2) is 5.40. The average Bonchev–Trinajstić information content (AvgIpc) is 2.26. The van der Waals surface area contributed by atoms with Gasteiger partial charge in [-0.2, -0.15) is 0 Å². The van der Waals surface area contributed by atoms with Crippen molar-refractivity contribution in [3.63, 3.8) is 0 Å². The highest BCUT2D eigenvalue weighted by Gasteiger charge is 2.12. The van der Waals surface area contributed by atoms with E-state index in [1.54, 1.807) is 12.1 Å². The van der Waals surface area contributed by atoms with E-state index in [0.717, 1.165) is 22.2 Å². The van der Waals surface area contributed by atoms with Gasteiger partial charge in [-0.05, 0) is 42.8 Å². The fourth-order valence-electron chi connectivity index (χ4n) is 1.70. The fraction of sp³-hybridized carbons (Fsp3) is 0.0714. The Morgan fingerprint density at radius 3 is 2.63 bits per heavy atom. The number of phenolic OH excluding ortho intramolecular Hbond substituents is 1. The number of hydrogen-bond acceptors (Lipinski definition) is 2. The van der Waals surface area contributed by atoms with Crippen LogP contribution in [0.15, 0.2) is 40.9 Å². The number of benzene rings is 2. The van der Waals surface area contributed by atoms with Crippen molar-refractivity contribution in [2.24, 2.45) is 0 Å². The van der Waals surface area contributed by atoms with Crippen molar-refractivity contribution < 1.29 is 14.3 Å². The number of aryl methyl sites for hydroxylation is 1. The number of rotatable bonds is 2. The normalized spacial score (nSPS) is 10.3. The first-order valence-corrected chi connectivity index (χ1v) is 6.32. The van der Waals surface area contributed by atoms with Crippen LogP contribution in [0, 0.1) is 12.7 Å². The zero-order chi connectivity index (χ0) is 14.0. The molecule has 2 aromatic carbocycles. The van der Waals surface area contributed by atoms with Gasteiger partial charge in [0.2, 0.25) is 0 Å². The molecule has 0 saturated carbocycles. The molecule has 3 nitrogen and oxygen atoms in total. The van der Waals surface area contributed by atoms with E-state index in [0.29, 0.717) is 5.69 Å². The van der Waals surface area contributed by atoms with E-state index < -0.39 is 11.7 Å². The molecule has 0 aromatic heterocycles. The first-order valence-electron chi connectivity index (χ1n) is 5.53. The molecular formula is C14H11BrFNO2. The first-order chi connectivity index (χ1) is 8.95. The zero-order valence-electron chi connectivity index (χ0n) is 10.1. The van der Waals surface area contributed by atoms with Crippen LogP contribution in [0.5, 0.6) is 5.75 Å². The van der Waals surface area contributed by atoms with Crippen molar-refractivity contribution in [2.45, 2.75) is 6.92 Å². The Bertz CT molecular complexity index is 623. The van der Waals surface area contributed by atoms with Crippen LogP contribution >= 0.6 is 15.9 Å². The minimum atomic E-state index is -0.590. The molecule has 2 rings (SSSR count). The molecule has 0 heterocycles. The summed E-state index contributed by atoms with van der Waals surface area (Å²) in [6, 6.07) is 8.71. The summed E-state index contributed by atoms with van der Waals surface area (Å²) in [5, 5.41) is 12.2. The average molecular weight is 324 g/mol. The van der Waals surface area contributed by atoms with Crippen LogP contribution in [0.25, 0.3) is 0 Å². The quantitative estimate of drug-likeness (QED) is 0.881. The van der Waals surface area contributed by atoms with Crippen LogP contribution in [0.4, 0.5) is 10.1 Å². The lowest BCUT2D eigenvalue weighted by Gasteiger charge is -2.08. The lowest BCUT2D eigenvalue weighted by Crippen LogP contribution is -2.12. The van der Waals surface area contributed by atoms with E-state index in [9.17, 15) is 14.3 Å². The van der Waals surface area contributed by atoms with Crippen molar-refractivity contribution in [3.8, 4) is 5.75 Å². The molecular weight excluding hydrogens is 313 g/mol. The molecule has 0 saturated heterocycles. The number of hydrogen-bond donors (Lipinski definition) is 2. The minimum Gasteiger partial charge on any atom is -0.507 e. The van der Waals surface area contributed by atoms with Crippen LogP contribution in [0.1, 0.15) is 15.9 Å². The Balaban J connectivity index is 2.25. The summed E-state index contributed by atoms with van der Waals surface area (Å²) < 4.78 is 13.7. The summed E-state index contributed by atoms with van der Waals surface area (Å²) in [7, 11) is 0. The summed E-state index contributed by atoms with van der Waals surface area (Å²) in [6.45, 7) is 1.90. The Morgan fingerprint density at radius 2 is 2.00 bits per heavy atom. The standard InChI is InChI=1S/C14H11BrFNO2/c1-8-4-9(15)6-11(5-8)17-14(19)12-3-2-10(16)7-13(12)18/h2-7,18H,1H3,(H,17,19). The molecule has 0 unspecified atom stereocenters. The second-order valence-electron chi connectivity index (χ2n) is 4.13. The number of amides is 1. The number of halogens is 2. The van der Waals surface area contributed by atoms with Gasteiger partial charge < -0.3 is 10.4 Å². The highest BCUT2D eigenvalue weighted by atomic mass is 79.9. The van der Waals surface area contributed by atoms with Crippen LogP contribution in [-0.4, -0.2) is 11.0 Å². The van der Waals surface area contributed by atoms with Gasteiger partial charge in [0.15, 0.2) is 0 Å². The number of anilines is 1. The molecule has 0 aliphatic rings. The van der Waals surface area contributed by atoms with Crippen LogP contribution in [-0.2, 0) is 0 Å². The number of carbonyl (C=O) groups excluding carboxylic acids is 1. The maximum absolute atomic E-state index is 12.8. The van der Waals surface area contributed by atoms with Crippen molar-refractivity contribution >= 4 is 27.5 Å². The third kappa shape index (κ3) is 3.32. The molecule has 0 spiro atoms. The summed E-state index contributed by atoms with van der Waals surface area (Å²) >= 11 is 3.33. The van der Waals surface area contributed by atoms with E-state index in [2.05, 4.69) is 21.2 Å². The maximum atomic E-state index is 12.8. The molecule has 19 heavy (non-hydrogen) atoms. The SMILES string of the molecule is Cc1cc(Br)cc(NC(=O)c2ccc(F)cc2O)c1.